The number of nitrogens with one attached hydrogen (secondary N) is 1. The SMILES string of the molecule is CCOc1cc(C2CC(=O)NC3=C2C(=O)CC(c2ccccc2)C3)cc(Cl)c1O. The smallest absolute Gasteiger partial charge is 0.225 e. The van der Waals surface area contributed by atoms with Gasteiger partial charge in [-0.25, -0.2) is 0 Å². The Morgan fingerprint density at radius 1 is 1.10 bits per heavy atom. The van der Waals surface area contributed by atoms with E-state index in [2.05, 4.69) is 5.32 Å². The van der Waals surface area contributed by atoms with Crippen molar-refractivity contribution in [3.05, 3.63) is 69.9 Å². The van der Waals surface area contributed by atoms with E-state index in [1.54, 1.807) is 12.1 Å². The van der Waals surface area contributed by atoms with Gasteiger partial charge < -0.3 is 15.2 Å². The van der Waals surface area contributed by atoms with Crippen LogP contribution in [0.4, 0.5) is 0 Å². The quantitative estimate of drug-likeness (QED) is 0.779. The first-order valence-corrected chi connectivity index (χ1v) is 10.1. The first-order chi connectivity index (χ1) is 14.0. The summed E-state index contributed by atoms with van der Waals surface area (Å²) in [7, 11) is 0. The third-order valence-corrected chi connectivity index (χ3v) is 5.85. The Balaban J connectivity index is 1.74. The summed E-state index contributed by atoms with van der Waals surface area (Å²) in [5.41, 5.74) is 3.12. The average molecular weight is 412 g/mol. The molecule has 2 aromatic carbocycles. The molecule has 2 aliphatic rings. The van der Waals surface area contributed by atoms with Crippen molar-refractivity contribution in [2.45, 2.75) is 38.0 Å². The number of benzene rings is 2. The summed E-state index contributed by atoms with van der Waals surface area (Å²) in [6, 6.07) is 13.2. The Hall–Kier alpha value is -2.79. The van der Waals surface area contributed by atoms with E-state index in [4.69, 9.17) is 16.3 Å². The van der Waals surface area contributed by atoms with Gasteiger partial charge in [-0.3, -0.25) is 9.59 Å². The van der Waals surface area contributed by atoms with Crippen molar-refractivity contribution < 1.29 is 19.4 Å². The van der Waals surface area contributed by atoms with E-state index in [0.29, 0.717) is 36.3 Å². The van der Waals surface area contributed by atoms with Gasteiger partial charge in [0, 0.05) is 30.0 Å². The maximum atomic E-state index is 13.1. The summed E-state index contributed by atoms with van der Waals surface area (Å²) in [5.74, 6) is -0.326. The summed E-state index contributed by atoms with van der Waals surface area (Å²) >= 11 is 6.19. The lowest BCUT2D eigenvalue weighted by Crippen LogP contribution is -2.38. The van der Waals surface area contributed by atoms with Crippen LogP contribution in [0.1, 0.15) is 49.1 Å². The number of halogens is 1. The number of ketones is 1. The normalized spacial score (nSPS) is 21.6. The number of hydrogen-bond acceptors (Lipinski definition) is 4. The maximum absolute atomic E-state index is 13.1. The molecule has 0 saturated carbocycles. The van der Waals surface area contributed by atoms with E-state index in [0.717, 1.165) is 5.56 Å². The zero-order chi connectivity index (χ0) is 20.5. The molecule has 2 unspecified atom stereocenters. The van der Waals surface area contributed by atoms with Crippen LogP contribution in [0.25, 0.3) is 0 Å². The number of rotatable bonds is 4. The molecule has 0 bridgehead atoms. The average Bonchev–Trinajstić information content (AvgIpc) is 2.71. The van der Waals surface area contributed by atoms with Crippen LogP contribution in [0.15, 0.2) is 53.7 Å². The molecular formula is C23H22ClNO4. The zero-order valence-corrected chi connectivity index (χ0v) is 16.8. The van der Waals surface area contributed by atoms with Crippen molar-refractivity contribution >= 4 is 23.3 Å². The third-order valence-electron chi connectivity index (χ3n) is 5.56. The first-order valence-electron chi connectivity index (χ1n) is 9.74. The summed E-state index contributed by atoms with van der Waals surface area (Å²) in [4.78, 5) is 25.6. The van der Waals surface area contributed by atoms with Crippen LogP contribution in [-0.2, 0) is 9.59 Å². The molecule has 150 valence electrons. The lowest BCUT2D eigenvalue weighted by molar-refractivity contribution is -0.122. The molecule has 1 amide bonds. The van der Waals surface area contributed by atoms with Crippen molar-refractivity contribution in [1.29, 1.82) is 0 Å². The monoisotopic (exact) mass is 411 g/mol. The van der Waals surface area contributed by atoms with Crippen LogP contribution < -0.4 is 10.1 Å². The van der Waals surface area contributed by atoms with Gasteiger partial charge >= 0.3 is 0 Å². The van der Waals surface area contributed by atoms with Gasteiger partial charge in [-0.2, -0.15) is 0 Å². The minimum atomic E-state index is -0.403. The molecule has 2 N–H and O–H groups in total. The van der Waals surface area contributed by atoms with Crippen molar-refractivity contribution in [3.63, 3.8) is 0 Å². The zero-order valence-electron chi connectivity index (χ0n) is 16.1. The molecule has 29 heavy (non-hydrogen) atoms. The van der Waals surface area contributed by atoms with Crippen LogP contribution in [0, 0.1) is 0 Å². The maximum Gasteiger partial charge on any atom is 0.225 e. The number of hydrogen-bond donors (Lipinski definition) is 2. The van der Waals surface area contributed by atoms with Gasteiger partial charge in [-0.05, 0) is 42.5 Å². The predicted molar refractivity (Wildman–Crippen MR) is 110 cm³/mol. The highest BCUT2D eigenvalue weighted by Crippen LogP contribution is 2.45. The number of carbonyl (C=O) groups is 2. The summed E-state index contributed by atoms with van der Waals surface area (Å²) in [5, 5.41) is 13.2. The van der Waals surface area contributed by atoms with Crippen LogP contribution in [0.5, 0.6) is 11.5 Å². The highest BCUT2D eigenvalue weighted by Gasteiger charge is 2.38. The number of phenolic OH excluding ortho intramolecular Hbond substituents is 1. The van der Waals surface area contributed by atoms with Gasteiger partial charge in [0.2, 0.25) is 5.91 Å². The molecule has 0 radical (unpaired) electrons. The van der Waals surface area contributed by atoms with Gasteiger partial charge in [-0.1, -0.05) is 41.9 Å². The van der Waals surface area contributed by atoms with Gasteiger partial charge in [0.15, 0.2) is 17.3 Å². The first kappa shape index (κ1) is 19.5. The number of Topliss-reactive ketones (excluding diaryl/α,β-unsaturated/α-hetero) is 1. The van der Waals surface area contributed by atoms with E-state index >= 15 is 0 Å². The Bertz CT molecular complexity index is 999. The Kier molecular flexibility index (Phi) is 5.33. The van der Waals surface area contributed by atoms with Crippen molar-refractivity contribution in [2.75, 3.05) is 6.61 Å². The van der Waals surface area contributed by atoms with Crippen LogP contribution in [0.3, 0.4) is 0 Å². The number of amides is 1. The number of allylic oxidation sites excluding steroid dienone is 2. The highest BCUT2D eigenvalue weighted by atomic mass is 35.5. The van der Waals surface area contributed by atoms with Gasteiger partial charge in [0.25, 0.3) is 0 Å². The minimum Gasteiger partial charge on any atom is -0.503 e. The van der Waals surface area contributed by atoms with E-state index in [1.807, 2.05) is 37.3 Å². The van der Waals surface area contributed by atoms with Crippen molar-refractivity contribution in [3.8, 4) is 11.5 Å². The minimum absolute atomic E-state index is 0.0345. The largest absolute Gasteiger partial charge is 0.503 e. The number of ether oxygens (including phenoxy) is 1. The van der Waals surface area contributed by atoms with Crippen molar-refractivity contribution in [1.82, 2.24) is 5.32 Å². The highest BCUT2D eigenvalue weighted by molar-refractivity contribution is 6.32. The number of phenols is 1. The molecule has 0 fully saturated rings. The lowest BCUT2D eigenvalue weighted by Gasteiger charge is -2.34. The van der Waals surface area contributed by atoms with E-state index in [-0.39, 0.29) is 40.6 Å². The van der Waals surface area contributed by atoms with Crippen LogP contribution in [-0.4, -0.2) is 23.4 Å². The predicted octanol–water partition coefficient (Wildman–Crippen LogP) is 4.45. The molecule has 0 aromatic heterocycles. The van der Waals surface area contributed by atoms with Crippen LogP contribution >= 0.6 is 11.6 Å². The molecule has 5 nitrogen and oxygen atoms in total. The molecule has 1 heterocycles. The summed E-state index contributed by atoms with van der Waals surface area (Å²) in [6.45, 7) is 2.17. The second-order valence-corrected chi connectivity index (χ2v) is 7.83. The molecule has 1 aliphatic carbocycles. The fourth-order valence-electron chi connectivity index (χ4n) is 4.27. The van der Waals surface area contributed by atoms with Gasteiger partial charge in [0.05, 0.1) is 11.6 Å². The molecule has 1 aliphatic heterocycles. The van der Waals surface area contributed by atoms with E-state index in [9.17, 15) is 14.7 Å². The fraction of sp³-hybridized carbons (Fsp3) is 0.304. The Labute approximate surface area is 174 Å². The molecule has 2 atom stereocenters. The Morgan fingerprint density at radius 3 is 2.59 bits per heavy atom. The summed E-state index contributed by atoms with van der Waals surface area (Å²) in [6.07, 6.45) is 1.17. The molecule has 2 aromatic rings. The standard InChI is InChI=1S/C23H22ClNO4/c1-2-29-20-11-15(8-17(24)23(20)28)16-12-21(27)25-18-9-14(10-19(26)22(16)18)13-6-4-3-5-7-13/h3-8,11,14,16,28H,2,9-10,12H2,1H3,(H,25,27). The molecule has 6 heteroatoms. The second-order valence-electron chi connectivity index (χ2n) is 7.42. The molecule has 0 saturated heterocycles. The van der Waals surface area contributed by atoms with Gasteiger partial charge in [-0.15, -0.1) is 0 Å². The second kappa shape index (κ2) is 7.91. The molecule has 0 spiro atoms. The fourth-order valence-corrected chi connectivity index (χ4v) is 4.49. The van der Waals surface area contributed by atoms with E-state index < -0.39 is 5.92 Å². The Morgan fingerprint density at radius 2 is 1.86 bits per heavy atom. The third kappa shape index (κ3) is 3.75. The van der Waals surface area contributed by atoms with Crippen molar-refractivity contribution in [2.24, 2.45) is 0 Å². The number of aromatic hydroxyl groups is 1. The van der Waals surface area contributed by atoms with Gasteiger partial charge in [0.1, 0.15) is 0 Å². The van der Waals surface area contributed by atoms with E-state index in [1.165, 1.54) is 0 Å². The topological polar surface area (TPSA) is 75.6 Å². The van der Waals surface area contributed by atoms with Crippen LogP contribution in [0.2, 0.25) is 5.02 Å². The summed E-state index contributed by atoms with van der Waals surface area (Å²) < 4.78 is 5.48. The molecular weight excluding hydrogens is 390 g/mol. The molecule has 4 rings (SSSR count). The lowest BCUT2D eigenvalue weighted by atomic mass is 9.73. The number of carbonyl (C=O) groups excluding carboxylic acids is 2.